The maximum atomic E-state index is 5.36. The minimum atomic E-state index is 0.0422. The van der Waals surface area contributed by atoms with Crippen molar-refractivity contribution in [1.82, 2.24) is 9.55 Å². The van der Waals surface area contributed by atoms with Gasteiger partial charge in [-0.3, -0.25) is 0 Å². The Kier molecular flexibility index (Phi) is 4.93. The van der Waals surface area contributed by atoms with Crippen molar-refractivity contribution in [3.05, 3.63) is 60.6 Å². The molecule has 3 rings (SSSR count). The molecule has 0 aliphatic carbocycles. The zero-order chi connectivity index (χ0) is 17.8. The molecule has 1 heterocycles. The van der Waals surface area contributed by atoms with Gasteiger partial charge >= 0.3 is 0 Å². The molecule has 25 heavy (non-hydrogen) atoms. The number of imidazole rings is 1. The van der Waals surface area contributed by atoms with Crippen molar-refractivity contribution in [2.75, 3.05) is 19.5 Å². The minimum Gasteiger partial charge on any atom is -0.493 e. The number of rotatable bonds is 6. The van der Waals surface area contributed by atoms with E-state index in [0.717, 1.165) is 22.8 Å². The van der Waals surface area contributed by atoms with Crippen molar-refractivity contribution in [3.63, 3.8) is 0 Å². The number of hydrogen-bond acceptors (Lipinski definition) is 4. The molecule has 0 saturated heterocycles. The summed E-state index contributed by atoms with van der Waals surface area (Å²) in [5, 5.41) is 3.47. The van der Waals surface area contributed by atoms with Gasteiger partial charge in [-0.2, -0.15) is 0 Å². The van der Waals surface area contributed by atoms with Crippen LogP contribution in [0.3, 0.4) is 0 Å². The number of ether oxygens (including phenoxy) is 2. The summed E-state index contributed by atoms with van der Waals surface area (Å²) in [6, 6.07) is 16.1. The van der Waals surface area contributed by atoms with E-state index in [1.165, 1.54) is 0 Å². The van der Waals surface area contributed by atoms with Crippen LogP contribution in [0.25, 0.3) is 11.3 Å². The molecule has 0 amide bonds. The molecule has 0 radical (unpaired) electrons. The van der Waals surface area contributed by atoms with Gasteiger partial charge in [-0.15, -0.1) is 0 Å². The first-order valence-electron chi connectivity index (χ1n) is 8.19. The lowest BCUT2D eigenvalue weighted by atomic mass is 10.2. The third kappa shape index (κ3) is 3.45. The average molecular weight is 337 g/mol. The van der Waals surface area contributed by atoms with Gasteiger partial charge < -0.3 is 19.4 Å². The SMILES string of the molecule is COc1ccc(NC(C)c2ncc(-c3ccccc3)n2C)cc1OC. The average Bonchev–Trinajstić information content (AvgIpc) is 3.03. The molecule has 5 heteroatoms. The van der Waals surface area contributed by atoms with Crippen LogP contribution >= 0.6 is 0 Å². The lowest BCUT2D eigenvalue weighted by Crippen LogP contribution is -2.12. The number of methoxy groups -OCH3 is 2. The van der Waals surface area contributed by atoms with Crippen LogP contribution in [0.5, 0.6) is 11.5 Å². The smallest absolute Gasteiger partial charge is 0.162 e. The number of benzene rings is 2. The molecule has 0 aliphatic rings. The molecule has 1 atom stereocenters. The second kappa shape index (κ2) is 7.30. The highest BCUT2D eigenvalue weighted by molar-refractivity contribution is 5.60. The molecule has 3 aromatic rings. The van der Waals surface area contributed by atoms with Gasteiger partial charge in [0.1, 0.15) is 5.82 Å². The van der Waals surface area contributed by atoms with Crippen LogP contribution in [0.1, 0.15) is 18.8 Å². The van der Waals surface area contributed by atoms with E-state index in [1.807, 2.05) is 49.6 Å². The largest absolute Gasteiger partial charge is 0.493 e. The summed E-state index contributed by atoms with van der Waals surface area (Å²) in [6.45, 7) is 2.09. The Morgan fingerprint density at radius 3 is 2.40 bits per heavy atom. The van der Waals surface area contributed by atoms with E-state index in [4.69, 9.17) is 9.47 Å². The minimum absolute atomic E-state index is 0.0422. The highest BCUT2D eigenvalue weighted by Crippen LogP contribution is 2.31. The van der Waals surface area contributed by atoms with E-state index in [0.29, 0.717) is 11.5 Å². The molecule has 2 aromatic carbocycles. The predicted octanol–water partition coefficient (Wildman–Crippen LogP) is 4.28. The van der Waals surface area contributed by atoms with Crippen molar-refractivity contribution in [3.8, 4) is 22.8 Å². The first-order chi connectivity index (χ1) is 12.1. The van der Waals surface area contributed by atoms with E-state index in [1.54, 1.807) is 14.2 Å². The topological polar surface area (TPSA) is 48.3 Å². The first-order valence-corrected chi connectivity index (χ1v) is 8.19. The molecular formula is C20H23N3O2. The summed E-state index contributed by atoms with van der Waals surface area (Å²) in [5.74, 6) is 2.38. The van der Waals surface area contributed by atoms with E-state index in [-0.39, 0.29) is 6.04 Å². The monoisotopic (exact) mass is 337 g/mol. The molecule has 0 spiro atoms. The highest BCUT2D eigenvalue weighted by Gasteiger charge is 2.15. The van der Waals surface area contributed by atoms with E-state index in [9.17, 15) is 0 Å². The van der Waals surface area contributed by atoms with Crippen molar-refractivity contribution in [1.29, 1.82) is 0 Å². The number of nitrogens with one attached hydrogen (secondary N) is 1. The summed E-state index contributed by atoms with van der Waals surface area (Å²) in [7, 11) is 5.31. The van der Waals surface area contributed by atoms with Crippen LogP contribution in [-0.2, 0) is 7.05 Å². The summed E-state index contributed by atoms with van der Waals surface area (Å²) < 4.78 is 12.8. The molecule has 1 unspecified atom stereocenters. The van der Waals surface area contributed by atoms with Gasteiger partial charge in [0.05, 0.1) is 32.2 Å². The zero-order valence-electron chi connectivity index (χ0n) is 15.0. The molecule has 130 valence electrons. The third-order valence-corrected chi connectivity index (χ3v) is 4.25. The molecule has 1 aromatic heterocycles. The summed E-state index contributed by atoms with van der Waals surface area (Å²) >= 11 is 0. The number of nitrogens with zero attached hydrogens (tertiary/aromatic N) is 2. The second-order valence-electron chi connectivity index (χ2n) is 5.86. The Bertz CT molecular complexity index is 843. The van der Waals surface area contributed by atoms with Crippen molar-refractivity contribution >= 4 is 5.69 Å². The number of anilines is 1. The lowest BCUT2D eigenvalue weighted by Gasteiger charge is -2.17. The Hall–Kier alpha value is -2.95. The fraction of sp³-hybridized carbons (Fsp3) is 0.250. The lowest BCUT2D eigenvalue weighted by molar-refractivity contribution is 0.355. The van der Waals surface area contributed by atoms with E-state index >= 15 is 0 Å². The fourth-order valence-corrected chi connectivity index (χ4v) is 2.94. The molecule has 0 saturated carbocycles. The summed E-state index contributed by atoms with van der Waals surface area (Å²) in [4.78, 5) is 4.61. The quantitative estimate of drug-likeness (QED) is 0.729. The third-order valence-electron chi connectivity index (χ3n) is 4.25. The standard InChI is InChI=1S/C20H23N3O2/c1-14(22-16-10-11-18(24-3)19(12-16)25-4)20-21-13-17(23(20)2)15-8-6-5-7-9-15/h5-14,22H,1-4H3. The maximum absolute atomic E-state index is 5.36. The molecule has 1 N–H and O–H groups in total. The number of hydrogen-bond donors (Lipinski definition) is 1. The van der Waals surface area contributed by atoms with Gasteiger partial charge in [-0.1, -0.05) is 30.3 Å². The normalized spacial score (nSPS) is 11.8. The molecular weight excluding hydrogens is 314 g/mol. The van der Waals surface area contributed by atoms with Gasteiger partial charge in [0.2, 0.25) is 0 Å². The Morgan fingerprint density at radius 1 is 1.00 bits per heavy atom. The van der Waals surface area contributed by atoms with Crippen molar-refractivity contribution in [2.24, 2.45) is 7.05 Å². The molecule has 0 bridgehead atoms. The first kappa shape index (κ1) is 16.9. The van der Waals surface area contributed by atoms with E-state index in [2.05, 4.69) is 33.9 Å². The van der Waals surface area contributed by atoms with Crippen LogP contribution in [0.4, 0.5) is 5.69 Å². The Labute approximate surface area is 148 Å². The van der Waals surface area contributed by atoms with Crippen LogP contribution < -0.4 is 14.8 Å². The predicted molar refractivity (Wildman–Crippen MR) is 100 cm³/mol. The highest BCUT2D eigenvalue weighted by atomic mass is 16.5. The summed E-state index contributed by atoms with van der Waals surface area (Å²) in [6.07, 6.45) is 1.91. The second-order valence-corrected chi connectivity index (χ2v) is 5.86. The van der Waals surface area contributed by atoms with Gasteiger partial charge in [0.15, 0.2) is 11.5 Å². The molecule has 0 fully saturated rings. The van der Waals surface area contributed by atoms with E-state index < -0.39 is 0 Å². The Balaban J connectivity index is 1.83. The van der Waals surface area contributed by atoms with Crippen LogP contribution in [0.15, 0.2) is 54.7 Å². The van der Waals surface area contributed by atoms with Gasteiger partial charge in [0.25, 0.3) is 0 Å². The number of aromatic nitrogens is 2. The van der Waals surface area contributed by atoms with Crippen LogP contribution in [0.2, 0.25) is 0 Å². The van der Waals surface area contributed by atoms with Gasteiger partial charge in [-0.25, -0.2) is 4.98 Å². The maximum Gasteiger partial charge on any atom is 0.162 e. The Morgan fingerprint density at radius 2 is 1.72 bits per heavy atom. The molecule has 0 aliphatic heterocycles. The van der Waals surface area contributed by atoms with Gasteiger partial charge in [-0.05, 0) is 24.6 Å². The van der Waals surface area contributed by atoms with Crippen molar-refractivity contribution < 1.29 is 9.47 Å². The summed E-state index contributed by atoms with van der Waals surface area (Å²) in [5.41, 5.74) is 3.20. The van der Waals surface area contributed by atoms with Crippen LogP contribution in [0, 0.1) is 0 Å². The van der Waals surface area contributed by atoms with Crippen LogP contribution in [-0.4, -0.2) is 23.8 Å². The molecule has 5 nitrogen and oxygen atoms in total. The van der Waals surface area contributed by atoms with Crippen molar-refractivity contribution in [2.45, 2.75) is 13.0 Å². The fourth-order valence-electron chi connectivity index (χ4n) is 2.94. The zero-order valence-corrected chi connectivity index (χ0v) is 15.0. The van der Waals surface area contributed by atoms with Gasteiger partial charge in [0, 0.05) is 18.8 Å².